The van der Waals surface area contributed by atoms with Gasteiger partial charge in [-0.25, -0.2) is 8.78 Å². The van der Waals surface area contributed by atoms with Gasteiger partial charge < -0.3 is 14.8 Å². The number of ether oxygens (including phenoxy) is 2. The Morgan fingerprint density at radius 1 is 0.974 bits per heavy atom. The van der Waals surface area contributed by atoms with E-state index in [1.165, 1.54) is 20.3 Å². The van der Waals surface area contributed by atoms with Crippen molar-refractivity contribution in [2.75, 3.05) is 19.5 Å². The van der Waals surface area contributed by atoms with E-state index in [0.717, 1.165) is 11.6 Å². The number of anilines is 1. The summed E-state index contributed by atoms with van der Waals surface area (Å²) < 4.78 is 39.1. The second-order valence-electron chi connectivity index (χ2n) is 9.73. The summed E-state index contributed by atoms with van der Waals surface area (Å²) >= 11 is 0. The molecule has 1 N–H and O–H groups in total. The molecule has 0 fully saturated rings. The van der Waals surface area contributed by atoms with Crippen LogP contribution in [0, 0.1) is 17.6 Å². The maximum atomic E-state index is 14.5. The van der Waals surface area contributed by atoms with Crippen LogP contribution in [0.15, 0.2) is 83.0 Å². The smallest absolute Gasteiger partial charge is 0.234 e. The quantitative estimate of drug-likeness (QED) is 0.412. The first-order valence-corrected chi connectivity index (χ1v) is 12.6. The van der Waals surface area contributed by atoms with Gasteiger partial charge in [0.05, 0.1) is 25.8 Å². The molecule has 3 aromatic carbocycles. The van der Waals surface area contributed by atoms with Crippen molar-refractivity contribution in [1.29, 1.82) is 0 Å². The number of carbonyl (C=O) groups excluding carboxylic acids is 2. The third-order valence-corrected chi connectivity index (χ3v) is 7.40. The summed E-state index contributed by atoms with van der Waals surface area (Å²) in [6.45, 7) is 1.73. The number of methoxy groups -OCH3 is 2. The number of allylic oxidation sites excluding steroid dienone is 2. The number of amides is 1. The first kappa shape index (κ1) is 26.3. The van der Waals surface area contributed by atoms with Gasteiger partial charge in [0.1, 0.15) is 23.1 Å². The molecule has 0 radical (unpaired) electrons. The standard InChI is InChI=1S/C31H28F2N2O4/c1-17-28(31(37)35-24-11-9-20(32)15-23(24)33)29(22-16-21(38-2)10-12-27(22)39-3)30-25(34-17)13-19(14-26(30)36)18-7-5-4-6-8-18/h4-12,15-16,19,28-29H,13-14H2,1-3H3,(H,35,37)/t19-,28?,29+/m1/s1. The molecule has 3 atom stereocenters. The van der Waals surface area contributed by atoms with Crippen LogP contribution >= 0.6 is 0 Å². The fourth-order valence-electron chi connectivity index (χ4n) is 5.58. The Hall–Kier alpha value is -4.33. The highest BCUT2D eigenvalue weighted by Crippen LogP contribution is 2.49. The van der Waals surface area contributed by atoms with Crippen LogP contribution < -0.4 is 14.8 Å². The van der Waals surface area contributed by atoms with Gasteiger partial charge in [0.15, 0.2) is 5.78 Å². The number of hydrogen-bond donors (Lipinski definition) is 1. The lowest BCUT2D eigenvalue weighted by Crippen LogP contribution is -2.40. The third-order valence-electron chi connectivity index (χ3n) is 7.40. The Morgan fingerprint density at radius 2 is 1.74 bits per heavy atom. The SMILES string of the molecule is COc1ccc(OC)c([C@@H]2C3=C(C[C@@H](c4ccccc4)CC3=O)N=C(C)C2C(=O)Nc2ccc(F)cc2F)c1. The summed E-state index contributed by atoms with van der Waals surface area (Å²) in [5.74, 6) is -3.07. The van der Waals surface area contributed by atoms with Crippen molar-refractivity contribution in [3.8, 4) is 11.5 Å². The molecule has 1 unspecified atom stereocenters. The Labute approximate surface area is 225 Å². The molecule has 39 heavy (non-hydrogen) atoms. The van der Waals surface area contributed by atoms with Crippen LogP contribution in [-0.2, 0) is 9.59 Å². The van der Waals surface area contributed by atoms with Gasteiger partial charge in [0, 0.05) is 41.0 Å². The van der Waals surface area contributed by atoms with E-state index < -0.39 is 29.4 Å². The first-order valence-electron chi connectivity index (χ1n) is 12.6. The molecule has 200 valence electrons. The average molecular weight is 531 g/mol. The van der Waals surface area contributed by atoms with E-state index in [0.29, 0.717) is 46.5 Å². The average Bonchev–Trinajstić information content (AvgIpc) is 2.93. The lowest BCUT2D eigenvalue weighted by atomic mass is 9.68. The molecule has 1 aliphatic carbocycles. The molecule has 0 saturated carbocycles. The van der Waals surface area contributed by atoms with E-state index in [-0.39, 0.29) is 23.8 Å². The van der Waals surface area contributed by atoms with Crippen LogP contribution in [0.25, 0.3) is 0 Å². The lowest BCUT2D eigenvalue weighted by Gasteiger charge is -2.37. The van der Waals surface area contributed by atoms with Crippen molar-refractivity contribution >= 4 is 23.1 Å². The Bertz CT molecular complexity index is 1500. The number of rotatable bonds is 6. The summed E-state index contributed by atoms with van der Waals surface area (Å²) in [6.07, 6.45) is 0.799. The van der Waals surface area contributed by atoms with Gasteiger partial charge in [-0.3, -0.25) is 14.6 Å². The minimum atomic E-state index is -0.952. The van der Waals surface area contributed by atoms with Crippen LogP contribution in [0.3, 0.4) is 0 Å². The fraction of sp³-hybridized carbons (Fsp3) is 0.258. The van der Waals surface area contributed by atoms with Crippen molar-refractivity contribution in [3.05, 3.63) is 101 Å². The van der Waals surface area contributed by atoms with Crippen molar-refractivity contribution in [3.63, 3.8) is 0 Å². The molecular weight excluding hydrogens is 502 g/mol. The molecule has 0 aromatic heterocycles. The highest BCUT2D eigenvalue weighted by atomic mass is 19.1. The van der Waals surface area contributed by atoms with Crippen molar-refractivity contribution in [1.82, 2.24) is 0 Å². The number of ketones is 1. The topological polar surface area (TPSA) is 77.0 Å². The molecule has 8 heteroatoms. The molecule has 6 nitrogen and oxygen atoms in total. The predicted molar refractivity (Wildman–Crippen MR) is 144 cm³/mol. The van der Waals surface area contributed by atoms with Gasteiger partial charge in [-0.05, 0) is 55.2 Å². The molecule has 1 heterocycles. The second-order valence-corrected chi connectivity index (χ2v) is 9.73. The van der Waals surface area contributed by atoms with Crippen LogP contribution in [-0.4, -0.2) is 31.6 Å². The maximum Gasteiger partial charge on any atom is 0.234 e. The van der Waals surface area contributed by atoms with Crippen LogP contribution in [0.1, 0.15) is 42.7 Å². The Kier molecular flexibility index (Phi) is 7.28. The van der Waals surface area contributed by atoms with Crippen molar-refractivity contribution in [2.45, 2.75) is 31.6 Å². The number of halogens is 2. The number of carbonyl (C=O) groups is 2. The summed E-state index contributed by atoms with van der Waals surface area (Å²) in [4.78, 5) is 32.4. The number of Topliss-reactive ketones (excluding diaryl/α,β-unsaturated/α-hetero) is 1. The molecule has 0 bridgehead atoms. The lowest BCUT2D eigenvalue weighted by molar-refractivity contribution is -0.119. The van der Waals surface area contributed by atoms with Gasteiger partial charge in [-0.1, -0.05) is 30.3 Å². The molecule has 0 saturated heterocycles. The zero-order valence-electron chi connectivity index (χ0n) is 21.8. The minimum absolute atomic E-state index is 0.0412. The largest absolute Gasteiger partial charge is 0.497 e. The highest BCUT2D eigenvalue weighted by Gasteiger charge is 2.45. The normalized spacial score (nSPS) is 20.7. The monoisotopic (exact) mass is 530 g/mol. The number of nitrogens with zero attached hydrogens (tertiary/aromatic N) is 1. The van der Waals surface area contributed by atoms with Gasteiger partial charge in [-0.2, -0.15) is 0 Å². The summed E-state index contributed by atoms with van der Waals surface area (Å²) in [7, 11) is 3.04. The number of nitrogens with one attached hydrogen (secondary N) is 1. The maximum absolute atomic E-state index is 14.5. The Balaban J connectivity index is 1.63. The van der Waals surface area contributed by atoms with Gasteiger partial charge >= 0.3 is 0 Å². The molecule has 1 amide bonds. The molecule has 1 aliphatic heterocycles. The second kappa shape index (κ2) is 10.8. The van der Waals surface area contributed by atoms with Gasteiger partial charge in [0.2, 0.25) is 5.91 Å². The molecular formula is C31H28F2N2O4. The van der Waals surface area contributed by atoms with Crippen molar-refractivity contribution in [2.24, 2.45) is 10.9 Å². The summed E-state index contributed by atoms with van der Waals surface area (Å²) in [6, 6.07) is 18.0. The summed E-state index contributed by atoms with van der Waals surface area (Å²) in [5.41, 5.74) is 3.02. The Morgan fingerprint density at radius 3 is 2.44 bits per heavy atom. The fourth-order valence-corrected chi connectivity index (χ4v) is 5.58. The zero-order chi connectivity index (χ0) is 27.7. The van der Waals surface area contributed by atoms with Gasteiger partial charge in [0.25, 0.3) is 0 Å². The molecule has 3 aromatic rings. The molecule has 5 rings (SSSR count). The van der Waals surface area contributed by atoms with E-state index in [1.54, 1.807) is 25.1 Å². The van der Waals surface area contributed by atoms with E-state index >= 15 is 0 Å². The van der Waals surface area contributed by atoms with E-state index in [1.807, 2.05) is 30.3 Å². The molecule has 2 aliphatic rings. The zero-order valence-corrected chi connectivity index (χ0v) is 21.8. The summed E-state index contributed by atoms with van der Waals surface area (Å²) in [5, 5.41) is 2.58. The van der Waals surface area contributed by atoms with Crippen LogP contribution in [0.2, 0.25) is 0 Å². The van der Waals surface area contributed by atoms with E-state index in [2.05, 4.69) is 5.32 Å². The van der Waals surface area contributed by atoms with E-state index in [9.17, 15) is 18.4 Å². The minimum Gasteiger partial charge on any atom is -0.497 e. The van der Waals surface area contributed by atoms with Gasteiger partial charge in [-0.15, -0.1) is 0 Å². The third kappa shape index (κ3) is 5.06. The van der Waals surface area contributed by atoms with Crippen molar-refractivity contribution < 1.29 is 27.8 Å². The van der Waals surface area contributed by atoms with Crippen LogP contribution in [0.5, 0.6) is 11.5 Å². The molecule has 0 spiro atoms. The number of benzene rings is 3. The predicted octanol–water partition coefficient (Wildman–Crippen LogP) is 6.20. The highest BCUT2D eigenvalue weighted by molar-refractivity contribution is 6.13. The first-order chi connectivity index (χ1) is 18.8. The number of aliphatic imine (C=N–C) groups is 1. The van der Waals surface area contributed by atoms with E-state index in [4.69, 9.17) is 14.5 Å². The number of hydrogen-bond acceptors (Lipinski definition) is 5. The van der Waals surface area contributed by atoms with Crippen LogP contribution in [0.4, 0.5) is 14.5 Å².